The van der Waals surface area contributed by atoms with Crippen LogP contribution in [0.5, 0.6) is 0 Å². The molecule has 1 heterocycles. The molecule has 1 aliphatic heterocycles. The Morgan fingerprint density at radius 3 is 2.79 bits per heavy atom. The summed E-state index contributed by atoms with van der Waals surface area (Å²) in [5, 5.41) is 3.71. The van der Waals surface area contributed by atoms with Crippen LogP contribution in [0.3, 0.4) is 0 Å². The molecular formula is C16H32N2O. The number of morpholine rings is 1. The van der Waals surface area contributed by atoms with Crippen molar-refractivity contribution in [2.75, 3.05) is 19.6 Å². The molecule has 1 aliphatic carbocycles. The van der Waals surface area contributed by atoms with Gasteiger partial charge < -0.3 is 10.1 Å². The highest BCUT2D eigenvalue weighted by atomic mass is 16.5. The molecule has 2 fully saturated rings. The third kappa shape index (κ3) is 4.44. The van der Waals surface area contributed by atoms with Crippen molar-refractivity contribution in [3.05, 3.63) is 0 Å². The predicted molar refractivity (Wildman–Crippen MR) is 80.5 cm³/mol. The molecule has 112 valence electrons. The molecule has 3 unspecified atom stereocenters. The number of hydrogen-bond donors (Lipinski definition) is 1. The van der Waals surface area contributed by atoms with Crippen LogP contribution < -0.4 is 5.32 Å². The minimum Gasteiger partial charge on any atom is -0.370 e. The number of hydrogen-bond acceptors (Lipinski definition) is 3. The maximum absolute atomic E-state index is 6.03. The molecule has 0 aromatic heterocycles. The Morgan fingerprint density at radius 2 is 2.11 bits per heavy atom. The predicted octanol–water partition coefficient (Wildman–Crippen LogP) is 2.80. The molecule has 0 radical (unpaired) electrons. The lowest BCUT2D eigenvalue weighted by molar-refractivity contribution is -0.140. The van der Waals surface area contributed by atoms with Gasteiger partial charge >= 0.3 is 0 Å². The van der Waals surface area contributed by atoms with Crippen molar-refractivity contribution < 1.29 is 4.74 Å². The van der Waals surface area contributed by atoms with E-state index in [-0.39, 0.29) is 5.60 Å². The highest BCUT2D eigenvalue weighted by Gasteiger charge is 2.36. The van der Waals surface area contributed by atoms with Gasteiger partial charge in [0.15, 0.2) is 0 Å². The van der Waals surface area contributed by atoms with Gasteiger partial charge in [-0.15, -0.1) is 0 Å². The van der Waals surface area contributed by atoms with Gasteiger partial charge in [0.2, 0.25) is 0 Å². The van der Waals surface area contributed by atoms with Gasteiger partial charge in [-0.1, -0.05) is 13.3 Å². The lowest BCUT2D eigenvalue weighted by Gasteiger charge is -2.47. The summed E-state index contributed by atoms with van der Waals surface area (Å²) >= 11 is 0. The molecule has 1 N–H and O–H groups in total. The molecule has 2 rings (SSSR count). The highest BCUT2D eigenvalue weighted by molar-refractivity contribution is 4.90. The van der Waals surface area contributed by atoms with Gasteiger partial charge in [-0.2, -0.15) is 0 Å². The van der Waals surface area contributed by atoms with Crippen LogP contribution in [0.4, 0.5) is 0 Å². The van der Waals surface area contributed by atoms with E-state index in [0.717, 1.165) is 25.2 Å². The standard InChI is InChI=1S/C16H32N2O/c1-5-9-17-14-7-6-8-15(10-14)18-11-13(2)19-16(3,4)12-18/h13-15,17H,5-12H2,1-4H3. The molecule has 0 aromatic carbocycles. The highest BCUT2D eigenvalue weighted by Crippen LogP contribution is 2.29. The van der Waals surface area contributed by atoms with Crippen LogP contribution in [0.25, 0.3) is 0 Å². The van der Waals surface area contributed by atoms with E-state index in [1.54, 1.807) is 0 Å². The van der Waals surface area contributed by atoms with E-state index < -0.39 is 0 Å². The Balaban J connectivity index is 1.89. The van der Waals surface area contributed by atoms with Crippen molar-refractivity contribution >= 4 is 0 Å². The average Bonchev–Trinajstić information content (AvgIpc) is 2.34. The topological polar surface area (TPSA) is 24.5 Å². The molecule has 1 saturated heterocycles. The largest absolute Gasteiger partial charge is 0.370 e. The average molecular weight is 268 g/mol. The zero-order valence-corrected chi connectivity index (χ0v) is 13.2. The van der Waals surface area contributed by atoms with Crippen molar-refractivity contribution in [3.63, 3.8) is 0 Å². The fraction of sp³-hybridized carbons (Fsp3) is 1.00. The summed E-state index contributed by atoms with van der Waals surface area (Å²) < 4.78 is 6.03. The van der Waals surface area contributed by atoms with E-state index in [9.17, 15) is 0 Å². The summed E-state index contributed by atoms with van der Waals surface area (Å²) in [6, 6.07) is 1.49. The molecule has 1 saturated carbocycles. The van der Waals surface area contributed by atoms with Crippen molar-refractivity contribution in [1.82, 2.24) is 10.2 Å². The van der Waals surface area contributed by atoms with Crippen molar-refractivity contribution in [1.29, 1.82) is 0 Å². The molecule has 2 aliphatic rings. The maximum atomic E-state index is 6.03. The third-order valence-corrected chi connectivity index (χ3v) is 4.44. The molecule has 0 bridgehead atoms. The van der Waals surface area contributed by atoms with Crippen molar-refractivity contribution in [3.8, 4) is 0 Å². The van der Waals surface area contributed by atoms with E-state index >= 15 is 0 Å². The van der Waals surface area contributed by atoms with Crippen molar-refractivity contribution in [2.45, 2.75) is 83.6 Å². The van der Waals surface area contributed by atoms with Crippen LogP contribution >= 0.6 is 0 Å². The van der Waals surface area contributed by atoms with Gasteiger partial charge in [0.05, 0.1) is 11.7 Å². The first-order valence-electron chi connectivity index (χ1n) is 8.15. The smallest absolute Gasteiger partial charge is 0.0757 e. The quantitative estimate of drug-likeness (QED) is 0.848. The van der Waals surface area contributed by atoms with Crippen LogP contribution in [0.2, 0.25) is 0 Å². The number of rotatable bonds is 4. The normalized spacial score (nSPS) is 36.3. The van der Waals surface area contributed by atoms with Crippen molar-refractivity contribution in [2.24, 2.45) is 0 Å². The summed E-state index contributed by atoms with van der Waals surface area (Å²) in [4.78, 5) is 2.69. The number of nitrogens with one attached hydrogen (secondary N) is 1. The summed E-state index contributed by atoms with van der Waals surface area (Å²) in [5.74, 6) is 0. The summed E-state index contributed by atoms with van der Waals surface area (Å²) in [6.07, 6.45) is 7.03. The minimum absolute atomic E-state index is 0.0153. The fourth-order valence-electron chi connectivity index (χ4n) is 3.81. The lowest BCUT2D eigenvalue weighted by atomic mass is 9.88. The second-order valence-corrected chi connectivity index (χ2v) is 7.09. The monoisotopic (exact) mass is 268 g/mol. The lowest BCUT2D eigenvalue weighted by Crippen LogP contribution is -2.56. The zero-order chi connectivity index (χ0) is 13.9. The zero-order valence-electron chi connectivity index (χ0n) is 13.2. The molecule has 3 atom stereocenters. The summed E-state index contributed by atoms with van der Waals surface area (Å²) in [5.41, 5.74) is 0.0153. The summed E-state index contributed by atoms with van der Waals surface area (Å²) in [7, 11) is 0. The van der Waals surface area contributed by atoms with Crippen LogP contribution in [-0.4, -0.2) is 48.3 Å². The van der Waals surface area contributed by atoms with Gasteiger partial charge in [-0.3, -0.25) is 4.90 Å². The number of nitrogens with zero attached hydrogens (tertiary/aromatic N) is 1. The van der Waals surface area contributed by atoms with Gasteiger partial charge in [-0.25, -0.2) is 0 Å². The van der Waals surface area contributed by atoms with E-state index in [1.807, 2.05) is 0 Å². The Kier molecular flexibility index (Phi) is 5.27. The minimum atomic E-state index is 0.0153. The van der Waals surface area contributed by atoms with E-state index in [1.165, 1.54) is 38.6 Å². The number of ether oxygens (including phenoxy) is 1. The summed E-state index contributed by atoms with van der Waals surface area (Å²) in [6.45, 7) is 12.3. The van der Waals surface area contributed by atoms with Crippen LogP contribution in [0, 0.1) is 0 Å². The molecular weight excluding hydrogens is 236 g/mol. The van der Waals surface area contributed by atoms with E-state index in [2.05, 4.69) is 37.9 Å². The fourth-order valence-corrected chi connectivity index (χ4v) is 3.81. The van der Waals surface area contributed by atoms with Gasteiger partial charge in [0.25, 0.3) is 0 Å². The Labute approximate surface area is 119 Å². The first-order chi connectivity index (χ1) is 9.00. The Morgan fingerprint density at radius 1 is 1.32 bits per heavy atom. The van der Waals surface area contributed by atoms with Gasteiger partial charge in [0.1, 0.15) is 0 Å². The molecule has 3 heteroatoms. The van der Waals surface area contributed by atoms with Gasteiger partial charge in [-0.05, 0) is 53.0 Å². The Hall–Kier alpha value is -0.120. The maximum Gasteiger partial charge on any atom is 0.0757 e. The van der Waals surface area contributed by atoms with E-state index in [0.29, 0.717) is 6.10 Å². The first-order valence-corrected chi connectivity index (χ1v) is 8.15. The first kappa shape index (κ1) is 15.3. The molecule has 19 heavy (non-hydrogen) atoms. The SMILES string of the molecule is CCCNC1CCCC(N2CC(C)OC(C)(C)C2)C1. The molecule has 0 spiro atoms. The molecule has 0 amide bonds. The van der Waals surface area contributed by atoms with Crippen LogP contribution in [0.1, 0.15) is 59.8 Å². The second-order valence-electron chi connectivity index (χ2n) is 7.09. The second kappa shape index (κ2) is 6.55. The van der Waals surface area contributed by atoms with Crippen LogP contribution in [0.15, 0.2) is 0 Å². The van der Waals surface area contributed by atoms with E-state index in [4.69, 9.17) is 4.74 Å². The molecule has 3 nitrogen and oxygen atoms in total. The van der Waals surface area contributed by atoms with Gasteiger partial charge in [0, 0.05) is 25.2 Å². The van der Waals surface area contributed by atoms with Crippen LogP contribution in [-0.2, 0) is 4.74 Å². The third-order valence-electron chi connectivity index (χ3n) is 4.44. The molecule has 0 aromatic rings. The Bertz CT molecular complexity index is 280.